The van der Waals surface area contributed by atoms with E-state index in [9.17, 15) is 9.59 Å². The highest BCUT2D eigenvalue weighted by atomic mass is 32.2. The van der Waals surface area contributed by atoms with E-state index in [1.54, 1.807) is 0 Å². The Hall–Kier alpha value is -2.60. The quantitative estimate of drug-likeness (QED) is 0.903. The third kappa shape index (κ3) is 3.91. The number of carbonyl (C=O) groups is 2. The molecule has 1 amide bonds. The van der Waals surface area contributed by atoms with Crippen molar-refractivity contribution in [2.75, 3.05) is 4.90 Å². The summed E-state index contributed by atoms with van der Waals surface area (Å²) in [6.45, 7) is 3.92. The van der Waals surface area contributed by atoms with E-state index in [1.807, 2.05) is 62.4 Å². The second kappa shape index (κ2) is 7.11. The maximum Gasteiger partial charge on any atom is 0.305 e. The zero-order chi connectivity index (χ0) is 18.0. The first-order valence-electron chi connectivity index (χ1n) is 7.88. The van der Waals surface area contributed by atoms with Crippen molar-refractivity contribution in [3.05, 3.63) is 59.7 Å². The van der Waals surface area contributed by atoms with Gasteiger partial charge in [-0.2, -0.15) is 0 Å². The minimum atomic E-state index is -0.994. The summed E-state index contributed by atoms with van der Waals surface area (Å²) in [5, 5.41) is 8.92. The van der Waals surface area contributed by atoms with Crippen LogP contribution in [-0.4, -0.2) is 27.4 Å². The number of aryl methyl sites for hydroxylation is 2. The number of amides is 1. The summed E-state index contributed by atoms with van der Waals surface area (Å²) in [5.41, 5.74) is 3.54. The van der Waals surface area contributed by atoms with E-state index < -0.39 is 11.2 Å². The molecular weight excluding hydrogens is 336 g/mol. The number of amidine groups is 1. The second-order valence-electron chi connectivity index (χ2n) is 5.95. The summed E-state index contributed by atoms with van der Waals surface area (Å²) in [5.74, 6) is -1.24. The molecule has 1 N–H and O–H groups in total. The summed E-state index contributed by atoms with van der Waals surface area (Å²) >= 11 is 1.20. The number of anilines is 1. The topological polar surface area (TPSA) is 70.0 Å². The maximum atomic E-state index is 12.8. The molecule has 0 aromatic heterocycles. The first-order chi connectivity index (χ1) is 11.9. The summed E-state index contributed by atoms with van der Waals surface area (Å²) in [4.78, 5) is 30.0. The highest BCUT2D eigenvalue weighted by molar-refractivity contribution is 8.16. The van der Waals surface area contributed by atoms with Crippen molar-refractivity contribution in [1.82, 2.24) is 0 Å². The number of thioether (sulfide) groups is 1. The van der Waals surface area contributed by atoms with Crippen molar-refractivity contribution in [3.63, 3.8) is 0 Å². The van der Waals surface area contributed by atoms with Crippen molar-refractivity contribution in [3.8, 4) is 0 Å². The first kappa shape index (κ1) is 17.2. The van der Waals surface area contributed by atoms with Gasteiger partial charge in [0.25, 0.3) is 0 Å². The van der Waals surface area contributed by atoms with Crippen LogP contribution in [0.15, 0.2) is 53.5 Å². The fraction of sp³-hybridized carbons (Fsp3) is 0.211. The zero-order valence-electron chi connectivity index (χ0n) is 14.0. The molecular formula is C19H18N2O3S. The fourth-order valence-electron chi connectivity index (χ4n) is 2.65. The lowest BCUT2D eigenvalue weighted by molar-refractivity contribution is -0.138. The molecule has 1 atom stereocenters. The van der Waals surface area contributed by atoms with Gasteiger partial charge in [-0.3, -0.25) is 14.5 Å². The van der Waals surface area contributed by atoms with E-state index in [2.05, 4.69) is 4.99 Å². The third-order valence-corrected chi connectivity index (χ3v) is 4.92. The first-order valence-corrected chi connectivity index (χ1v) is 8.76. The highest BCUT2D eigenvalue weighted by Gasteiger charge is 2.40. The number of rotatable bonds is 4. The van der Waals surface area contributed by atoms with Gasteiger partial charge >= 0.3 is 5.97 Å². The van der Waals surface area contributed by atoms with E-state index in [4.69, 9.17) is 5.11 Å². The van der Waals surface area contributed by atoms with E-state index in [-0.39, 0.29) is 12.3 Å². The van der Waals surface area contributed by atoms with Crippen molar-refractivity contribution in [1.29, 1.82) is 0 Å². The van der Waals surface area contributed by atoms with Crippen LogP contribution in [-0.2, 0) is 9.59 Å². The summed E-state index contributed by atoms with van der Waals surface area (Å²) < 4.78 is 0. The molecule has 1 aliphatic heterocycles. The molecule has 0 spiro atoms. The van der Waals surface area contributed by atoms with E-state index in [1.165, 1.54) is 16.7 Å². The number of benzene rings is 2. The lowest BCUT2D eigenvalue weighted by atomic mass is 10.2. The molecule has 5 nitrogen and oxygen atoms in total. The van der Waals surface area contributed by atoms with Gasteiger partial charge in [-0.25, -0.2) is 4.99 Å². The van der Waals surface area contributed by atoms with Crippen LogP contribution < -0.4 is 4.90 Å². The van der Waals surface area contributed by atoms with Crippen molar-refractivity contribution in [2.24, 2.45) is 4.99 Å². The summed E-state index contributed by atoms with van der Waals surface area (Å²) in [7, 11) is 0. The molecule has 1 heterocycles. The van der Waals surface area contributed by atoms with Crippen molar-refractivity contribution >= 4 is 40.2 Å². The number of carbonyl (C=O) groups excluding carboxylic acids is 1. The number of nitrogens with zero attached hydrogens (tertiary/aromatic N) is 2. The summed E-state index contributed by atoms with van der Waals surface area (Å²) in [6.07, 6.45) is -0.224. The van der Waals surface area contributed by atoms with Gasteiger partial charge in [0.2, 0.25) is 5.91 Å². The van der Waals surface area contributed by atoms with Gasteiger partial charge in [0.15, 0.2) is 5.17 Å². The lowest BCUT2D eigenvalue weighted by Crippen LogP contribution is -2.32. The predicted octanol–water partition coefficient (Wildman–Crippen LogP) is 3.91. The van der Waals surface area contributed by atoms with E-state index in [0.717, 1.165) is 16.8 Å². The Kier molecular flexibility index (Phi) is 4.90. The van der Waals surface area contributed by atoms with Gasteiger partial charge in [-0.15, -0.1) is 0 Å². The molecule has 2 aromatic rings. The zero-order valence-corrected chi connectivity index (χ0v) is 14.8. The summed E-state index contributed by atoms with van der Waals surface area (Å²) in [6, 6.07) is 15.2. The SMILES string of the molecule is Cc1cccc(N=C2S[C@H](CC(=O)O)C(=O)N2c2cccc(C)c2)c1. The Morgan fingerprint density at radius 3 is 2.48 bits per heavy atom. The molecule has 0 bridgehead atoms. The van der Waals surface area contributed by atoms with Crippen LogP contribution in [0.1, 0.15) is 17.5 Å². The van der Waals surface area contributed by atoms with Crippen LogP contribution in [0.4, 0.5) is 11.4 Å². The molecule has 25 heavy (non-hydrogen) atoms. The molecule has 3 rings (SSSR count). The van der Waals surface area contributed by atoms with Gasteiger partial charge in [-0.05, 0) is 49.2 Å². The highest BCUT2D eigenvalue weighted by Crippen LogP contribution is 2.35. The Morgan fingerprint density at radius 2 is 1.84 bits per heavy atom. The van der Waals surface area contributed by atoms with Crippen molar-refractivity contribution < 1.29 is 14.7 Å². The van der Waals surface area contributed by atoms with Gasteiger partial charge in [0.05, 0.1) is 17.8 Å². The predicted molar refractivity (Wildman–Crippen MR) is 101 cm³/mol. The van der Waals surface area contributed by atoms with Crippen LogP contribution in [0.25, 0.3) is 0 Å². The van der Waals surface area contributed by atoms with Crippen LogP contribution in [0.2, 0.25) is 0 Å². The van der Waals surface area contributed by atoms with Gasteiger partial charge in [0, 0.05) is 0 Å². The number of aliphatic carboxylic acids is 1. The van der Waals surface area contributed by atoms with Crippen LogP contribution in [0.3, 0.4) is 0 Å². The maximum absolute atomic E-state index is 12.8. The normalized spacial score (nSPS) is 18.8. The van der Waals surface area contributed by atoms with Crippen LogP contribution in [0, 0.1) is 13.8 Å². The Labute approximate surface area is 150 Å². The Morgan fingerprint density at radius 1 is 1.16 bits per heavy atom. The van der Waals surface area contributed by atoms with Crippen molar-refractivity contribution in [2.45, 2.75) is 25.5 Å². The van der Waals surface area contributed by atoms with Gasteiger partial charge in [-0.1, -0.05) is 36.0 Å². The molecule has 1 saturated heterocycles. The fourth-order valence-corrected chi connectivity index (χ4v) is 3.79. The average Bonchev–Trinajstić information content (AvgIpc) is 2.82. The molecule has 6 heteroatoms. The van der Waals surface area contributed by atoms with Gasteiger partial charge < -0.3 is 5.11 Å². The van der Waals surface area contributed by atoms with Gasteiger partial charge in [0.1, 0.15) is 5.25 Å². The Bertz CT molecular complexity index is 863. The lowest BCUT2D eigenvalue weighted by Gasteiger charge is -2.17. The standard InChI is InChI=1S/C19H18N2O3S/c1-12-5-3-7-14(9-12)20-19-21(15-8-4-6-13(2)10-15)18(24)16(25-19)11-17(22)23/h3-10,16H,11H2,1-2H3,(H,22,23)/t16-/m1/s1. The molecule has 0 radical (unpaired) electrons. The number of carboxylic acid groups (broad SMARTS) is 1. The molecule has 0 aliphatic carbocycles. The molecule has 1 fully saturated rings. The molecule has 0 unspecified atom stereocenters. The Balaban J connectivity index is 2.03. The van der Waals surface area contributed by atoms with E-state index >= 15 is 0 Å². The second-order valence-corrected chi connectivity index (χ2v) is 7.12. The molecule has 128 valence electrons. The average molecular weight is 354 g/mol. The number of hydrogen-bond acceptors (Lipinski definition) is 4. The monoisotopic (exact) mass is 354 g/mol. The smallest absolute Gasteiger partial charge is 0.305 e. The third-order valence-electron chi connectivity index (χ3n) is 3.78. The van der Waals surface area contributed by atoms with E-state index in [0.29, 0.717) is 10.9 Å². The number of carboxylic acids is 1. The minimum Gasteiger partial charge on any atom is -0.481 e. The molecule has 1 aliphatic rings. The number of aliphatic imine (C=N–C) groups is 1. The minimum absolute atomic E-state index is 0.224. The van der Waals surface area contributed by atoms with Crippen LogP contribution in [0.5, 0.6) is 0 Å². The number of hydrogen-bond donors (Lipinski definition) is 1. The largest absolute Gasteiger partial charge is 0.481 e. The van der Waals surface area contributed by atoms with Crippen LogP contribution >= 0.6 is 11.8 Å². The molecule has 0 saturated carbocycles. The molecule has 2 aromatic carbocycles.